The number of benzene rings is 1. The predicted molar refractivity (Wildman–Crippen MR) is 95.5 cm³/mol. The first-order valence-corrected chi connectivity index (χ1v) is 8.51. The molecule has 1 heterocycles. The Morgan fingerprint density at radius 3 is 2.68 bits per heavy atom. The van der Waals surface area contributed by atoms with Gasteiger partial charge in [0.15, 0.2) is 6.61 Å². The van der Waals surface area contributed by atoms with E-state index in [-0.39, 0.29) is 16.4 Å². The second kappa shape index (κ2) is 8.09. The number of thiophene rings is 1. The van der Waals surface area contributed by atoms with E-state index in [1.54, 1.807) is 6.07 Å². The molecule has 2 aromatic rings. The molecule has 0 radical (unpaired) electrons. The summed E-state index contributed by atoms with van der Waals surface area (Å²) in [7, 11) is 0. The number of carbonyl (C=O) groups is 2. The summed E-state index contributed by atoms with van der Waals surface area (Å²) in [5.41, 5.74) is 0.641. The number of halogens is 1. The minimum absolute atomic E-state index is 0.0567. The summed E-state index contributed by atoms with van der Waals surface area (Å²) in [5, 5.41) is 13.5. The Labute approximate surface area is 152 Å². The van der Waals surface area contributed by atoms with Crippen molar-refractivity contribution >= 4 is 46.2 Å². The quantitative estimate of drug-likeness (QED) is 0.463. The molecule has 0 atom stereocenters. The molecule has 1 aromatic heterocycles. The molecule has 0 unspecified atom stereocenters. The van der Waals surface area contributed by atoms with Crippen molar-refractivity contribution in [2.24, 2.45) is 0 Å². The average molecular weight is 383 g/mol. The third-order valence-electron chi connectivity index (χ3n) is 3.31. The van der Waals surface area contributed by atoms with E-state index in [4.69, 9.17) is 16.3 Å². The van der Waals surface area contributed by atoms with Crippen molar-refractivity contribution in [1.29, 1.82) is 0 Å². The molecular weight excluding hydrogens is 368 g/mol. The van der Waals surface area contributed by atoms with Gasteiger partial charge in [-0.25, -0.2) is 4.79 Å². The van der Waals surface area contributed by atoms with Crippen LogP contribution in [0.1, 0.15) is 27.0 Å². The molecule has 132 valence electrons. The standard InChI is InChI=1S/C16H15ClN2O5S/c1-3-13-9(2)6-14(25-13)16(21)24-8-15(20)18-11-7-10(17)4-5-12(11)19(22)23/h4-7H,3,8H2,1-2H3,(H,18,20). The number of nitro benzene ring substituents is 1. The SMILES string of the molecule is CCc1sc(C(=O)OCC(=O)Nc2cc(Cl)ccc2[N+](=O)[O-])cc1C. The van der Waals surface area contributed by atoms with Crippen molar-refractivity contribution < 1.29 is 19.2 Å². The van der Waals surface area contributed by atoms with E-state index < -0.39 is 23.4 Å². The summed E-state index contributed by atoms with van der Waals surface area (Å²) in [4.78, 5) is 35.7. The molecule has 1 aromatic carbocycles. The number of anilines is 1. The van der Waals surface area contributed by atoms with Crippen LogP contribution in [-0.2, 0) is 16.0 Å². The van der Waals surface area contributed by atoms with Crippen molar-refractivity contribution in [3.63, 3.8) is 0 Å². The summed E-state index contributed by atoms with van der Waals surface area (Å²) >= 11 is 7.10. The molecule has 0 bridgehead atoms. The second-order valence-corrected chi connectivity index (χ2v) is 6.69. The Kier molecular flexibility index (Phi) is 6.11. The average Bonchev–Trinajstić information content (AvgIpc) is 2.93. The van der Waals surface area contributed by atoms with Crippen LogP contribution < -0.4 is 5.32 Å². The van der Waals surface area contributed by atoms with Crippen LogP contribution in [0.15, 0.2) is 24.3 Å². The molecule has 0 saturated heterocycles. The molecule has 1 N–H and O–H groups in total. The van der Waals surface area contributed by atoms with Gasteiger partial charge in [0.05, 0.1) is 4.92 Å². The first-order valence-electron chi connectivity index (χ1n) is 7.32. The fourth-order valence-corrected chi connectivity index (χ4v) is 3.31. The number of esters is 1. The number of rotatable bonds is 6. The van der Waals surface area contributed by atoms with Gasteiger partial charge < -0.3 is 10.1 Å². The lowest BCUT2D eigenvalue weighted by atomic mass is 10.2. The van der Waals surface area contributed by atoms with Gasteiger partial charge in [-0.2, -0.15) is 0 Å². The number of aryl methyl sites for hydroxylation is 2. The summed E-state index contributed by atoms with van der Waals surface area (Å²) < 4.78 is 4.96. The number of ether oxygens (including phenoxy) is 1. The molecule has 2 rings (SSSR count). The van der Waals surface area contributed by atoms with E-state index >= 15 is 0 Å². The number of carbonyl (C=O) groups excluding carboxylic acids is 2. The van der Waals surface area contributed by atoms with Gasteiger partial charge in [0.25, 0.3) is 11.6 Å². The summed E-state index contributed by atoms with van der Waals surface area (Å²) in [6.07, 6.45) is 0.808. The van der Waals surface area contributed by atoms with Crippen LogP contribution in [0.5, 0.6) is 0 Å². The number of nitrogens with zero attached hydrogens (tertiary/aromatic N) is 1. The van der Waals surface area contributed by atoms with Crippen LogP contribution in [0.3, 0.4) is 0 Å². The monoisotopic (exact) mass is 382 g/mol. The zero-order chi connectivity index (χ0) is 18.6. The zero-order valence-electron chi connectivity index (χ0n) is 13.5. The highest BCUT2D eigenvalue weighted by Crippen LogP contribution is 2.27. The van der Waals surface area contributed by atoms with Gasteiger partial charge in [0.2, 0.25) is 0 Å². The fraction of sp³-hybridized carbons (Fsp3) is 0.250. The lowest BCUT2D eigenvalue weighted by Crippen LogP contribution is -2.21. The molecule has 0 fully saturated rings. The van der Waals surface area contributed by atoms with Gasteiger partial charge >= 0.3 is 5.97 Å². The molecule has 9 heteroatoms. The van der Waals surface area contributed by atoms with Gasteiger partial charge in [0.1, 0.15) is 10.6 Å². The highest BCUT2D eigenvalue weighted by Gasteiger charge is 2.18. The van der Waals surface area contributed by atoms with Crippen molar-refractivity contribution in [1.82, 2.24) is 0 Å². The first kappa shape index (κ1) is 18.9. The van der Waals surface area contributed by atoms with Gasteiger partial charge in [-0.05, 0) is 37.1 Å². The molecule has 1 amide bonds. The van der Waals surface area contributed by atoms with Crippen LogP contribution in [-0.4, -0.2) is 23.4 Å². The Balaban J connectivity index is 2.00. The highest BCUT2D eigenvalue weighted by molar-refractivity contribution is 7.14. The predicted octanol–water partition coefficient (Wildman–Crippen LogP) is 3.98. The van der Waals surface area contributed by atoms with E-state index in [9.17, 15) is 19.7 Å². The number of nitrogens with one attached hydrogen (secondary N) is 1. The maximum absolute atomic E-state index is 12.0. The Bertz CT molecular complexity index is 834. The third-order valence-corrected chi connectivity index (χ3v) is 4.90. The lowest BCUT2D eigenvalue weighted by molar-refractivity contribution is -0.383. The van der Waals surface area contributed by atoms with Gasteiger partial charge in [-0.3, -0.25) is 14.9 Å². The van der Waals surface area contributed by atoms with Crippen LogP contribution in [0, 0.1) is 17.0 Å². The van der Waals surface area contributed by atoms with Crippen molar-refractivity contribution in [2.45, 2.75) is 20.3 Å². The molecule has 25 heavy (non-hydrogen) atoms. The zero-order valence-corrected chi connectivity index (χ0v) is 15.1. The Morgan fingerprint density at radius 2 is 2.08 bits per heavy atom. The minimum Gasteiger partial charge on any atom is -0.451 e. The van der Waals surface area contributed by atoms with Crippen LogP contribution in [0.4, 0.5) is 11.4 Å². The Hall–Kier alpha value is -2.45. The summed E-state index contributed by atoms with van der Waals surface area (Å²) in [5.74, 6) is -1.30. The van der Waals surface area contributed by atoms with E-state index in [1.807, 2.05) is 13.8 Å². The number of amides is 1. The van der Waals surface area contributed by atoms with Crippen molar-refractivity contribution in [3.05, 3.63) is 54.7 Å². The maximum Gasteiger partial charge on any atom is 0.348 e. The maximum atomic E-state index is 12.0. The van der Waals surface area contributed by atoms with E-state index in [0.29, 0.717) is 4.88 Å². The summed E-state index contributed by atoms with van der Waals surface area (Å²) in [6.45, 7) is 3.33. The van der Waals surface area contributed by atoms with Gasteiger partial charge in [0, 0.05) is 16.0 Å². The van der Waals surface area contributed by atoms with E-state index in [0.717, 1.165) is 16.9 Å². The second-order valence-electron chi connectivity index (χ2n) is 5.11. The molecule has 0 aliphatic heterocycles. The van der Waals surface area contributed by atoms with Crippen molar-refractivity contribution in [3.8, 4) is 0 Å². The lowest BCUT2D eigenvalue weighted by Gasteiger charge is -2.07. The van der Waals surface area contributed by atoms with E-state index in [1.165, 1.54) is 29.5 Å². The molecule has 0 spiro atoms. The minimum atomic E-state index is -0.692. The Morgan fingerprint density at radius 1 is 1.36 bits per heavy atom. The van der Waals surface area contributed by atoms with Gasteiger partial charge in [-0.15, -0.1) is 11.3 Å². The molecular formula is C16H15ClN2O5S. The summed E-state index contributed by atoms with van der Waals surface area (Å²) in [6, 6.07) is 5.51. The smallest absolute Gasteiger partial charge is 0.348 e. The normalized spacial score (nSPS) is 10.4. The van der Waals surface area contributed by atoms with E-state index in [2.05, 4.69) is 5.32 Å². The molecule has 0 saturated carbocycles. The topological polar surface area (TPSA) is 98.5 Å². The van der Waals surface area contributed by atoms with Crippen LogP contribution in [0.25, 0.3) is 0 Å². The first-order chi connectivity index (χ1) is 11.8. The van der Waals surface area contributed by atoms with Crippen LogP contribution in [0.2, 0.25) is 5.02 Å². The third kappa shape index (κ3) is 4.77. The van der Waals surface area contributed by atoms with Crippen LogP contribution >= 0.6 is 22.9 Å². The number of hydrogen-bond acceptors (Lipinski definition) is 6. The van der Waals surface area contributed by atoms with Crippen molar-refractivity contribution in [2.75, 3.05) is 11.9 Å². The molecule has 0 aliphatic carbocycles. The largest absolute Gasteiger partial charge is 0.451 e. The number of hydrogen-bond donors (Lipinski definition) is 1. The molecule has 7 nitrogen and oxygen atoms in total. The van der Waals surface area contributed by atoms with Gasteiger partial charge in [-0.1, -0.05) is 18.5 Å². The number of nitro groups is 1. The fourth-order valence-electron chi connectivity index (χ4n) is 2.13. The molecule has 0 aliphatic rings. The highest BCUT2D eigenvalue weighted by atomic mass is 35.5.